The van der Waals surface area contributed by atoms with Gasteiger partial charge in [0.05, 0.1) is 5.69 Å². The molecule has 1 aromatic carbocycles. The van der Waals surface area contributed by atoms with E-state index in [9.17, 15) is 5.21 Å². The summed E-state index contributed by atoms with van der Waals surface area (Å²) in [5.74, 6) is 1.65. The maximum Gasteiger partial charge on any atom is 0.185 e. The van der Waals surface area contributed by atoms with Crippen LogP contribution in [0.3, 0.4) is 0 Å². The standard InChI is InChI=1S/C13H18N2O3/c1-10-9-17-12-4-2-3-11(13(12)18-10)14-5-7-15(16)8-6-14/h2-4,10,16H,5-9H2,1H3. The maximum absolute atomic E-state index is 9.41. The zero-order valence-corrected chi connectivity index (χ0v) is 10.5. The molecule has 0 bridgehead atoms. The van der Waals surface area contributed by atoms with Crippen molar-refractivity contribution in [1.82, 2.24) is 5.06 Å². The Balaban J connectivity index is 1.88. The SMILES string of the molecule is CC1COc2cccc(N3CCN(O)CC3)c2O1. The number of hydroxylamine groups is 2. The molecule has 1 aromatic rings. The number of nitrogens with zero attached hydrogens (tertiary/aromatic N) is 2. The van der Waals surface area contributed by atoms with E-state index in [4.69, 9.17) is 9.47 Å². The highest BCUT2D eigenvalue weighted by Gasteiger charge is 2.25. The quantitative estimate of drug-likeness (QED) is 0.815. The Hall–Kier alpha value is -1.46. The summed E-state index contributed by atoms with van der Waals surface area (Å²) in [5.41, 5.74) is 1.06. The molecule has 0 radical (unpaired) electrons. The zero-order chi connectivity index (χ0) is 12.5. The second-order valence-electron chi connectivity index (χ2n) is 4.78. The first-order valence-electron chi connectivity index (χ1n) is 6.35. The lowest BCUT2D eigenvalue weighted by molar-refractivity contribution is -0.0936. The van der Waals surface area contributed by atoms with Crippen LogP contribution in [-0.2, 0) is 0 Å². The van der Waals surface area contributed by atoms with E-state index in [-0.39, 0.29) is 6.10 Å². The molecule has 0 amide bonds. The third-order valence-electron chi connectivity index (χ3n) is 3.35. The molecule has 0 spiro atoms. The molecule has 3 rings (SSSR count). The summed E-state index contributed by atoms with van der Waals surface area (Å²) in [4.78, 5) is 2.23. The number of para-hydroxylation sites is 1. The van der Waals surface area contributed by atoms with Gasteiger partial charge in [-0.2, -0.15) is 5.06 Å². The van der Waals surface area contributed by atoms with E-state index >= 15 is 0 Å². The summed E-state index contributed by atoms with van der Waals surface area (Å²) in [6.45, 7) is 5.50. The molecule has 18 heavy (non-hydrogen) atoms. The second kappa shape index (κ2) is 4.66. The molecule has 1 saturated heterocycles. The van der Waals surface area contributed by atoms with E-state index in [1.165, 1.54) is 5.06 Å². The number of piperazine rings is 1. The molecule has 2 aliphatic rings. The fourth-order valence-electron chi connectivity index (χ4n) is 2.36. The highest BCUT2D eigenvalue weighted by Crippen LogP contribution is 2.40. The van der Waals surface area contributed by atoms with E-state index in [1.54, 1.807) is 0 Å². The first kappa shape index (κ1) is 11.6. The van der Waals surface area contributed by atoms with E-state index in [0.29, 0.717) is 19.7 Å². The minimum atomic E-state index is 0.0813. The van der Waals surface area contributed by atoms with Gasteiger partial charge in [0, 0.05) is 26.2 Å². The Bertz CT molecular complexity index is 430. The average molecular weight is 250 g/mol. The third kappa shape index (κ3) is 2.11. The molecular weight excluding hydrogens is 232 g/mol. The molecule has 0 aliphatic carbocycles. The van der Waals surface area contributed by atoms with Gasteiger partial charge in [-0.1, -0.05) is 6.07 Å². The summed E-state index contributed by atoms with van der Waals surface area (Å²) >= 11 is 0. The predicted molar refractivity (Wildman–Crippen MR) is 67.6 cm³/mol. The average Bonchev–Trinajstić information content (AvgIpc) is 2.39. The van der Waals surface area contributed by atoms with Crippen molar-refractivity contribution in [1.29, 1.82) is 0 Å². The molecule has 0 saturated carbocycles. The van der Waals surface area contributed by atoms with Gasteiger partial charge in [0.15, 0.2) is 11.5 Å². The first-order valence-corrected chi connectivity index (χ1v) is 6.35. The Morgan fingerprint density at radius 2 is 2.00 bits per heavy atom. The fraction of sp³-hybridized carbons (Fsp3) is 0.538. The Morgan fingerprint density at radius 3 is 2.78 bits per heavy atom. The maximum atomic E-state index is 9.41. The van der Waals surface area contributed by atoms with Crippen molar-refractivity contribution >= 4 is 5.69 Å². The van der Waals surface area contributed by atoms with Crippen LogP contribution in [0.4, 0.5) is 5.69 Å². The van der Waals surface area contributed by atoms with Crippen LogP contribution >= 0.6 is 0 Å². The van der Waals surface area contributed by atoms with E-state index in [0.717, 1.165) is 30.3 Å². The molecule has 1 fully saturated rings. The third-order valence-corrected chi connectivity index (χ3v) is 3.35. The topological polar surface area (TPSA) is 45.2 Å². The minimum absolute atomic E-state index is 0.0813. The molecule has 0 aromatic heterocycles. The summed E-state index contributed by atoms with van der Waals surface area (Å²) < 4.78 is 11.6. The predicted octanol–water partition coefficient (Wildman–Crippen LogP) is 1.36. The number of anilines is 1. The van der Waals surface area contributed by atoms with Crippen molar-refractivity contribution in [3.05, 3.63) is 18.2 Å². The number of benzene rings is 1. The van der Waals surface area contributed by atoms with Crippen LogP contribution in [0.1, 0.15) is 6.92 Å². The van der Waals surface area contributed by atoms with Gasteiger partial charge in [-0.25, -0.2) is 0 Å². The Kier molecular flexibility index (Phi) is 3.01. The van der Waals surface area contributed by atoms with Crippen LogP contribution in [0.25, 0.3) is 0 Å². The Morgan fingerprint density at radius 1 is 1.22 bits per heavy atom. The van der Waals surface area contributed by atoms with Crippen molar-refractivity contribution < 1.29 is 14.7 Å². The molecule has 1 unspecified atom stereocenters. The minimum Gasteiger partial charge on any atom is -0.486 e. The van der Waals surface area contributed by atoms with Crippen molar-refractivity contribution in [2.45, 2.75) is 13.0 Å². The summed E-state index contributed by atoms with van der Waals surface area (Å²) in [5, 5.41) is 10.8. The second-order valence-corrected chi connectivity index (χ2v) is 4.78. The van der Waals surface area contributed by atoms with Crippen LogP contribution in [0, 0.1) is 0 Å². The van der Waals surface area contributed by atoms with Crippen LogP contribution in [0.15, 0.2) is 18.2 Å². The van der Waals surface area contributed by atoms with Gasteiger partial charge in [-0.3, -0.25) is 0 Å². The van der Waals surface area contributed by atoms with E-state index < -0.39 is 0 Å². The van der Waals surface area contributed by atoms with Crippen LogP contribution in [0.5, 0.6) is 11.5 Å². The molecular formula is C13H18N2O3. The highest BCUT2D eigenvalue weighted by atomic mass is 16.6. The van der Waals surface area contributed by atoms with Crippen LogP contribution in [-0.4, -0.2) is 49.2 Å². The fourth-order valence-corrected chi connectivity index (χ4v) is 2.36. The molecule has 98 valence electrons. The number of ether oxygens (including phenoxy) is 2. The van der Waals surface area contributed by atoms with E-state index in [1.807, 2.05) is 25.1 Å². The molecule has 2 aliphatic heterocycles. The van der Waals surface area contributed by atoms with Crippen LogP contribution in [0.2, 0.25) is 0 Å². The van der Waals surface area contributed by atoms with Crippen LogP contribution < -0.4 is 14.4 Å². The largest absolute Gasteiger partial charge is 0.486 e. The lowest BCUT2D eigenvalue weighted by Gasteiger charge is -2.35. The Labute approximate surface area is 106 Å². The van der Waals surface area contributed by atoms with Gasteiger partial charge >= 0.3 is 0 Å². The smallest absolute Gasteiger partial charge is 0.185 e. The van der Waals surface area contributed by atoms with Crippen molar-refractivity contribution in [2.75, 3.05) is 37.7 Å². The van der Waals surface area contributed by atoms with Gasteiger partial charge in [-0.15, -0.1) is 0 Å². The number of fused-ring (bicyclic) bond motifs is 1. The van der Waals surface area contributed by atoms with Crippen molar-refractivity contribution in [2.24, 2.45) is 0 Å². The van der Waals surface area contributed by atoms with Crippen molar-refractivity contribution in [3.63, 3.8) is 0 Å². The lowest BCUT2D eigenvalue weighted by Crippen LogP contribution is -2.45. The van der Waals surface area contributed by atoms with Gasteiger partial charge in [-0.05, 0) is 19.1 Å². The summed E-state index contributed by atoms with van der Waals surface area (Å²) in [7, 11) is 0. The molecule has 1 atom stereocenters. The summed E-state index contributed by atoms with van der Waals surface area (Å²) in [6, 6.07) is 5.97. The van der Waals surface area contributed by atoms with E-state index in [2.05, 4.69) is 4.90 Å². The van der Waals surface area contributed by atoms with Gasteiger partial charge < -0.3 is 19.6 Å². The number of hydrogen-bond acceptors (Lipinski definition) is 5. The first-order chi connectivity index (χ1) is 8.74. The molecule has 5 nitrogen and oxygen atoms in total. The molecule has 2 heterocycles. The number of hydrogen-bond donors (Lipinski definition) is 1. The van der Waals surface area contributed by atoms with Gasteiger partial charge in [0.1, 0.15) is 12.7 Å². The molecule has 1 N–H and O–H groups in total. The number of rotatable bonds is 1. The normalized spacial score (nSPS) is 24.1. The van der Waals surface area contributed by atoms with Gasteiger partial charge in [0.2, 0.25) is 0 Å². The van der Waals surface area contributed by atoms with Gasteiger partial charge in [0.25, 0.3) is 0 Å². The highest BCUT2D eigenvalue weighted by molar-refractivity contribution is 5.65. The monoisotopic (exact) mass is 250 g/mol. The lowest BCUT2D eigenvalue weighted by atomic mass is 10.2. The zero-order valence-electron chi connectivity index (χ0n) is 10.5. The summed E-state index contributed by atoms with van der Waals surface area (Å²) in [6.07, 6.45) is 0.0813. The molecule has 5 heteroatoms. The van der Waals surface area contributed by atoms with Crippen molar-refractivity contribution in [3.8, 4) is 11.5 Å².